The van der Waals surface area contributed by atoms with Crippen LogP contribution in [0.15, 0.2) is 34.3 Å². The fourth-order valence-electron chi connectivity index (χ4n) is 1.08. The molecule has 0 amide bonds. The Balaban J connectivity index is 2.18. The molecule has 0 aliphatic carbocycles. The second-order valence-corrected chi connectivity index (χ2v) is 4.86. The van der Waals surface area contributed by atoms with Crippen LogP contribution in [0.2, 0.25) is 10.3 Å². The molecule has 2 rings (SSSR count). The topological polar surface area (TPSA) is 28.7 Å². The van der Waals surface area contributed by atoms with Gasteiger partial charge in [0.25, 0.3) is 0 Å². The number of hydrogen-bond acceptors (Lipinski definition) is 2. The van der Waals surface area contributed by atoms with Gasteiger partial charge in [-0.3, -0.25) is 0 Å². The van der Waals surface area contributed by atoms with Crippen LogP contribution in [-0.2, 0) is 0 Å². The maximum absolute atomic E-state index is 5.76. The molecule has 1 heterocycles. The van der Waals surface area contributed by atoms with E-state index in [1.54, 1.807) is 0 Å². The number of halogens is 2. The van der Waals surface area contributed by atoms with Gasteiger partial charge in [0, 0.05) is 4.90 Å². The zero-order chi connectivity index (χ0) is 10.8. The summed E-state index contributed by atoms with van der Waals surface area (Å²) in [5.41, 5.74) is 1.23. The number of hydrogen-bond donors (Lipinski definition) is 1. The van der Waals surface area contributed by atoms with Crippen LogP contribution in [0.1, 0.15) is 5.56 Å². The van der Waals surface area contributed by atoms with Gasteiger partial charge in [-0.2, -0.15) is 0 Å². The summed E-state index contributed by atoms with van der Waals surface area (Å²) in [6.45, 7) is 2.05. The third-order valence-corrected chi connectivity index (χ3v) is 3.37. The minimum absolute atomic E-state index is 0.311. The first kappa shape index (κ1) is 10.9. The summed E-state index contributed by atoms with van der Waals surface area (Å²) in [4.78, 5) is 8.06. The molecule has 0 saturated carbocycles. The molecule has 0 atom stereocenters. The minimum atomic E-state index is 0.311. The van der Waals surface area contributed by atoms with Gasteiger partial charge in [-0.15, -0.1) is 0 Å². The van der Waals surface area contributed by atoms with E-state index < -0.39 is 0 Å². The second-order valence-electron chi connectivity index (χ2n) is 3.06. The number of nitrogens with one attached hydrogen (secondary N) is 1. The predicted molar refractivity (Wildman–Crippen MR) is 63.9 cm³/mol. The number of aromatic amines is 1. The Bertz CT molecular complexity index is 445. The van der Waals surface area contributed by atoms with E-state index in [0.29, 0.717) is 15.5 Å². The lowest BCUT2D eigenvalue weighted by molar-refractivity contribution is 1.06. The Morgan fingerprint density at radius 3 is 2.40 bits per heavy atom. The van der Waals surface area contributed by atoms with Gasteiger partial charge in [0.15, 0.2) is 10.3 Å². The highest BCUT2D eigenvalue weighted by molar-refractivity contribution is 7.99. The van der Waals surface area contributed by atoms with Gasteiger partial charge in [0.1, 0.15) is 5.15 Å². The molecule has 1 aromatic heterocycles. The standard InChI is InChI=1S/C10H8Cl2N2S/c1-6-2-4-7(5-3-6)15-10-13-8(11)9(12)14-10/h2-5H,1H3,(H,13,14). The number of imidazole rings is 1. The number of H-pyrrole nitrogens is 1. The second kappa shape index (κ2) is 4.47. The molecule has 1 aromatic carbocycles. The van der Waals surface area contributed by atoms with Crippen LogP contribution in [0, 0.1) is 6.92 Å². The number of rotatable bonds is 2. The molecule has 5 heteroatoms. The first-order chi connectivity index (χ1) is 7.15. The van der Waals surface area contributed by atoms with Crippen LogP contribution in [-0.4, -0.2) is 9.97 Å². The average molecular weight is 259 g/mol. The fraction of sp³-hybridized carbons (Fsp3) is 0.100. The lowest BCUT2D eigenvalue weighted by Crippen LogP contribution is -1.76. The van der Waals surface area contributed by atoms with Gasteiger partial charge >= 0.3 is 0 Å². The molecule has 2 nitrogen and oxygen atoms in total. The van der Waals surface area contributed by atoms with E-state index in [9.17, 15) is 0 Å². The SMILES string of the molecule is Cc1ccc(Sc2nc(Cl)c(Cl)[nH]2)cc1. The van der Waals surface area contributed by atoms with Gasteiger partial charge < -0.3 is 4.98 Å². The molecular weight excluding hydrogens is 251 g/mol. The van der Waals surface area contributed by atoms with Crippen molar-refractivity contribution in [3.8, 4) is 0 Å². The van der Waals surface area contributed by atoms with Crippen molar-refractivity contribution < 1.29 is 0 Å². The molecule has 0 spiro atoms. The van der Waals surface area contributed by atoms with Crippen molar-refractivity contribution in [2.24, 2.45) is 0 Å². The molecule has 1 N–H and O–H groups in total. The van der Waals surface area contributed by atoms with E-state index in [-0.39, 0.29) is 0 Å². The first-order valence-corrected chi connectivity index (χ1v) is 5.88. The van der Waals surface area contributed by atoms with Crippen LogP contribution in [0.4, 0.5) is 0 Å². The van der Waals surface area contributed by atoms with Gasteiger partial charge in [-0.25, -0.2) is 4.98 Å². The zero-order valence-electron chi connectivity index (χ0n) is 7.92. The summed E-state index contributed by atoms with van der Waals surface area (Å²) >= 11 is 13.0. The third-order valence-electron chi connectivity index (χ3n) is 1.83. The number of aryl methyl sites for hydroxylation is 1. The van der Waals surface area contributed by atoms with E-state index in [2.05, 4.69) is 29.0 Å². The normalized spacial score (nSPS) is 10.6. The molecule has 78 valence electrons. The maximum Gasteiger partial charge on any atom is 0.172 e. The zero-order valence-corrected chi connectivity index (χ0v) is 10.2. The highest BCUT2D eigenvalue weighted by atomic mass is 35.5. The Morgan fingerprint density at radius 2 is 1.87 bits per heavy atom. The van der Waals surface area contributed by atoms with Crippen LogP contribution in [0.25, 0.3) is 0 Å². The predicted octanol–water partition coefficient (Wildman–Crippen LogP) is 4.18. The number of nitrogens with zero attached hydrogens (tertiary/aromatic N) is 1. The molecule has 0 aliphatic rings. The van der Waals surface area contributed by atoms with E-state index in [4.69, 9.17) is 23.2 Å². The van der Waals surface area contributed by atoms with E-state index >= 15 is 0 Å². The molecule has 0 radical (unpaired) electrons. The van der Waals surface area contributed by atoms with Gasteiger partial charge in [-0.05, 0) is 19.1 Å². The molecule has 0 fully saturated rings. The van der Waals surface area contributed by atoms with E-state index in [1.807, 2.05) is 12.1 Å². The van der Waals surface area contributed by atoms with Crippen LogP contribution >= 0.6 is 35.0 Å². The van der Waals surface area contributed by atoms with Crippen molar-refractivity contribution in [2.45, 2.75) is 17.0 Å². The van der Waals surface area contributed by atoms with E-state index in [1.165, 1.54) is 17.3 Å². The molecule has 0 aliphatic heterocycles. The van der Waals surface area contributed by atoms with Crippen LogP contribution in [0.5, 0.6) is 0 Å². The van der Waals surface area contributed by atoms with Crippen molar-refractivity contribution >= 4 is 35.0 Å². The van der Waals surface area contributed by atoms with Gasteiger partial charge in [0.05, 0.1) is 0 Å². The average Bonchev–Trinajstić information content (AvgIpc) is 2.50. The van der Waals surface area contributed by atoms with Crippen molar-refractivity contribution in [1.29, 1.82) is 0 Å². The Hall–Kier alpha value is -0.640. The molecule has 15 heavy (non-hydrogen) atoms. The fourth-order valence-corrected chi connectivity index (χ4v) is 2.23. The summed E-state index contributed by atoms with van der Waals surface area (Å²) in [6.07, 6.45) is 0. The summed E-state index contributed by atoms with van der Waals surface area (Å²) in [5, 5.41) is 1.39. The van der Waals surface area contributed by atoms with E-state index in [0.717, 1.165) is 4.90 Å². The van der Waals surface area contributed by atoms with Gasteiger partial charge in [0.2, 0.25) is 0 Å². The van der Waals surface area contributed by atoms with Crippen molar-refractivity contribution in [2.75, 3.05) is 0 Å². The Kier molecular flexibility index (Phi) is 3.24. The molecule has 0 bridgehead atoms. The Morgan fingerprint density at radius 1 is 1.20 bits per heavy atom. The largest absolute Gasteiger partial charge is 0.322 e. The summed E-state index contributed by atoms with van der Waals surface area (Å²) < 4.78 is 0. The van der Waals surface area contributed by atoms with Crippen LogP contribution < -0.4 is 0 Å². The minimum Gasteiger partial charge on any atom is -0.322 e. The van der Waals surface area contributed by atoms with Crippen molar-refractivity contribution in [3.63, 3.8) is 0 Å². The van der Waals surface area contributed by atoms with Crippen LogP contribution in [0.3, 0.4) is 0 Å². The molecule has 2 aromatic rings. The number of aromatic nitrogens is 2. The molecular formula is C10H8Cl2N2S. The first-order valence-electron chi connectivity index (χ1n) is 4.30. The molecule has 0 unspecified atom stereocenters. The highest BCUT2D eigenvalue weighted by Crippen LogP contribution is 2.29. The Labute approximate surface area is 102 Å². The van der Waals surface area contributed by atoms with Gasteiger partial charge in [-0.1, -0.05) is 52.7 Å². The highest BCUT2D eigenvalue weighted by Gasteiger charge is 2.06. The maximum atomic E-state index is 5.76. The lowest BCUT2D eigenvalue weighted by atomic mass is 10.2. The molecule has 0 saturated heterocycles. The quantitative estimate of drug-likeness (QED) is 0.876. The smallest absolute Gasteiger partial charge is 0.172 e. The summed E-state index contributed by atoms with van der Waals surface area (Å²) in [5.74, 6) is 0. The van der Waals surface area contributed by atoms with Crippen molar-refractivity contribution in [1.82, 2.24) is 9.97 Å². The monoisotopic (exact) mass is 258 g/mol. The summed E-state index contributed by atoms with van der Waals surface area (Å²) in [7, 11) is 0. The van der Waals surface area contributed by atoms with Crippen molar-refractivity contribution in [3.05, 3.63) is 40.1 Å². The summed E-state index contributed by atoms with van der Waals surface area (Å²) in [6, 6.07) is 8.16. The number of benzene rings is 1. The third kappa shape index (κ3) is 2.68. The lowest BCUT2D eigenvalue weighted by Gasteiger charge is -1.97.